The fourth-order valence-corrected chi connectivity index (χ4v) is 14.7. The van der Waals surface area contributed by atoms with Crippen molar-refractivity contribution in [1.29, 1.82) is 0 Å². The Morgan fingerprint density at radius 2 is 0.979 bits per heavy atom. The standard InChI is InChI=1S/C16H29NO4.C13H24N2O3.C12H24N2O2.C11H20N2O2.C9H16N2O.C7H16N2.C3H5ClO/c1-15(2,3)21-14(20)17-12-16(8-5-4-6-9-16)10-7-13(19)11-18;1-17-10-14-9-13(6-4-3-5-7-13)15(11-18-2)8-12(14)16;1-11(2,3)16-10(15)14-9-12(13)7-5-4-6-8-12;1-15-9-13-7-10(14)12-8-11(13)5-3-2-4-6-11;12-8-6-11-9(7-10-8)4-2-1-3-5-9;8-6-7(9)4-2-1-3-5-7;1-3(5)2-4/h18H,4-12H2,1-3H3,(H,17,20);3-11H2,1-2H3;4-9,13H2,1-3H3,(H,14,15);2-9H2,1H3,(H,12,14);11H,1-7H2,(H,10,12);1-6,8-9H2;2H2,1H3. The van der Waals surface area contributed by atoms with E-state index in [-0.39, 0.29) is 74.4 Å². The van der Waals surface area contributed by atoms with E-state index in [9.17, 15) is 33.6 Å². The number of carbonyl (C=O) groups is 7. The number of nitrogens with zero attached hydrogens (tertiary/aromatic N) is 3. The van der Waals surface area contributed by atoms with Gasteiger partial charge >= 0.3 is 12.2 Å². The molecule has 3 heterocycles. The van der Waals surface area contributed by atoms with Crippen LogP contribution in [0, 0.1) is 5.41 Å². The largest absolute Gasteiger partial charge is 0.444 e. The van der Waals surface area contributed by atoms with Crippen LogP contribution in [0.2, 0.25) is 0 Å². The molecule has 24 nitrogen and oxygen atoms in total. The zero-order valence-corrected chi connectivity index (χ0v) is 62.1. The van der Waals surface area contributed by atoms with Crippen molar-refractivity contribution >= 4 is 53.1 Å². The summed E-state index contributed by atoms with van der Waals surface area (Å²) >= 11 is 4.99. The second-order valence-corrected chi connectivity index (χ2v) is 31.2. The second-order valence-electron chi connectivity index (χ2n) is 30.9. The van der Waals surface area contributed by atoms with E-state index in [1.807, 2.05) is 46.4 Å². The van der Waals surface area contributed by atoms with Gasteiger partial charge in [0.15, 0.2) is 5.78 Å². The third kappa shape index (κ3) is 33.1. The number of carbonyl (C=O) groups excluding carboxylic acids is 7. The third-order valence-corrected chi connectivity index (χ3v) is 20.6. The summed E-state index contributed by atoms with van der Waals surface area (Å²) in [6.45, 7) is 19.3. The van der Waals surface area contributed by atoms with Gasteiger partial charge in [-0.1, -0.05) is 116 Å². The van der Waals surface area contributed by atoms with Gasteiger partial charge in [0.2, 0.25) is 17.7 Å². The molecule has 0 atom stereocenters. The Bertz CT molecular complexity index is 2260. The van der Waals surface area contributed by atoms with Crippen molar-refractivity contribution in [3.63, 3.8) is 0 Å². The number of alkyl carbamates (subject to hydrolysis) is 2. The maximum Gasteiger partial charge on any atom is 0.407 e. The molecule has 6 aliphatic carbocycles. The van der Waals surface area contributed by atoms with E-state index in [0.717, 1.165) is 103 Å². The van der Waals surface area contributed by atoms with Crippen LogP contribution in [0.15, 0.2) is 0 Å². The Morgan fingerprint density at radius 3 is 1.40 bits per heavy atom. The van der Waals surface area contributed by atoms with Gasteiger partial charge in [-0.15, -0.1) is 11.6 Å². The van der Waals surface area contributed by atoms with Gasteiger partial charge in [-0.3, -0.25) is 33.8 Å². The van der Waals surface area contributed by atoms with Crippen LogP contribution in [0.1, 0.15) is 254 Å². The molecule has 0 aromatic carbocycles. The number of rotatable bonds is 16. The van der Waals surface area contributed by atoms with Crippen LogP contribution in [0.5, 0.6) is 0 Å². The predicted octanol–water partition coefficient (Wildman–Crippen LogP) is 8.57. The Morgan fingerprint density at radius 1 is 0.562 bits per heavy atom. The number of alkyl halides is 1. The van der Waals surface area contributed by atoms with Crippen molar-refractivity contribution < 1.29 is 62.4 Å². The zero-order valence-electron chi connectivity index (χ0n) is 61.3. The van der Waals surface area contributed by atoms with Crippen LogP contribution in [0.4, 0.5) is 9.59 Å². The Labute approximate surface area is 582 Å². The highest BCUT2D eigenvalue weighted by Gasteiger charge is 2.46. The molecule has 3 spiro atoms. The van der Waals surface area contributed by atoms with Crippen LogP contribution >= 0.6 is 11.6 Å². The van der Waals surface area contributed by atoms with Crippen molar-refractivity contribution in [2.75, 3.05) is 113 Å². The molecule has 25 heteroatoms. The third-order valence-electron chi connectivity index (χ3n) is 20.2. The van der Waals surface area contributed by atoms with Gasteiger partial charge in [0.05, 0.1) is 39.0 Å². The number of piperazine rings is 3. The number of methoxy groups -OCH3 is 3. The number of amides is 5. The lowest BCUT2D eigenvalue weighted by Crippen LogP contribution is -2.65. The van der Waals surface area contributed by atoms with Gasteiger partial charge in [-0.25, -0.2) is 9.59 Å². The molecule has 0 radical (unpaired) electrons. The van der Waals surface area contributed by atoms with Crippen molar-refractivity contribution in [3.05, 3.63) is 0 Å². The highest BCUT2D eigenvalue weighted by Crippen LogP contribution is 2.41. The minimum atomic E-state index is -0.503. The number of nitrogens with one attached hydrogen (secondary N) is 5. The van der Waals surface area contributed by atoms with Gasteiger partial charge < -0.3 is 77.5 Å². The monoisotopic (exact) mass is 1380 g/mol. The molecule has 0 aromatic heterocycles. The van der Waals surface area contributed by atoms with E-state index in [1.54, 1.807) is 21.3 Å². The molecule has 0 aromatic rings. The van der Waals surface area contributed by atoms with E-state index in [4.69, 9.17) is 57.6 Å². The molecule has 6 saturated carbocycles. The van der Waals surface area contributed by atoms with E-state index >= 15 is 0 Å². The summed E-state index contributed by atoms with van der Waals surface area (Å²) in [5, 5.41) is 23.8. The molecule has 96 heavy (non-hydrogen) atoms. The number of nitrogens with two attached hydrogens (primary N) is 3. The van der Waals surface area contributed by atoms with Gasteiger partial charge in [0, 0.05) is 94.7 Å². The molecule has 9 aliphatic rings. The number of halogens is 1. The predicted molar refractivity (Wildman–Crippen MR) is 378 cm³/mol. The topological polar surface area (TPSA) is 334 Å². The lowest BCUT2D eigenvalue weighted by Gasteiger charge is -2.51. The average Bonchev–Trinajstić information content (AvgIpc) is 0.793. The Balaban J connectivity index is 0.000000300. The van der Waals surface area contributed by atoms with Crippen molar-refractivity contribution in [3.8, 4) is 0 Å². The van der Waals surface area contributed by atoms with Crippen LogP contribution in [0.25, 0.3) is 0 Å². The maximum atomic E-state index is 12.0. The van der Waals surface area contributed by atoms with E-state index in [1.165, 1.54) is 122 Å². The van der Waals surface area contributed by atoms with Crippen molar-refractivity contribution in [2.45, 2.75) is 293 Å². The molecule has 0 unspecified atom stereocenters. The molecular formula is C71H134ClN11O13. The summed E-state index contributed by atoms with van der Waals surface area (Å²) in [6, 6.07) is 0. The molecular weight excluding hydrogens is 1250 g/mol. The Hall–Kier alpha value is -3.82. The van der Waals surface area contributed by atoms with Crippen molar-refractivity contribution in [1.82, 2.24) is 41.3 Å². The number of hydrogen-bond donors (Lipinski definition) is 9. The van der Waals surface area contributed by atoms with Crippen LogP contribution < -0.4 is 43.8 Å². The van der Waals surface area contributed by atoms with Crippen LogP contribution in [-0.2, 0) is 47.7 Å². The quantitative estimate of drug-likeness (QED) is 0.0653. The molecule has 12 N–H and O–H groups in total. The minimum Gasteiger partial charge on any atom is -0.444 e. The first-order valence-corrected chi connectivity index (χ1v) is 36.9. The molecule has 3 aliphatic heterocycles. The van der Waals surface area contributed by atoms with Crippen LogP contribution in [-0.4, -0.2) is 213 Å². The summed E-state index contributed by atoms with van der Waals surface area (Å²) in [7, 11) is 5.04. The van der Waals surface area contributed by atoms with E-state index in [2.05, 4.69) is 36.4 Å². The normalized spacial score (nSPS) is 22.5. The fourth-order valence-electron chi connectivity index (χ4n) is 14.7. The number of ether oxygens (including phenoxy) is 5. The SMILES string of the molecule is CC(=O)CCl.CC(C)(C)OC(=O)NCC1(CCC(=O)CO)CCCCC1.CC(C)(C)OC(=O)NCC1(N)CCCCC1.COCN1CC(=O)NCC12CCCCC2.COCN1CC2(CCCCC2)N(COC)CC1=O.NCC1(N)CCCCC1.O=C1CNC2(CCCCC2)CN1. The highest BCUT2D eigenvalue weighted by atomic mass is 35.5. The van der Waals surface area contributed by atoms with Crippen LogP contribution in [0.3, 0.4) is 0 Å². The highest BCUT2D eigenvalue weighted by molar-refractivity contribution is 6.27. The zero-order chi connectivity index (χ0) is 71.4. The van der Waals surface area contributed by atoms with Gasteiger partial charge in [-0.2, -0.15) is 0 Å². The fraction of sp³-hybridized carbons (Fsp3) is 0.901. The van der Waals surface area contributed by atoms with E-state index < -0.39 is 23.9 Å². The van der Waals surface area contributed by atoms with Crippen molar-refractivity contribution in [2.24, 2.45) is 22.6 Å². The molecule has 9 fully saturated rings. The van der Waals surface area contributed by atoms with Gasteiger partial charge in [0.1, 0.15) is 30.3 Å². The maximum absolute atomic E-state index is 12.0. The molecule has 3 saturated heterocycles. The number of aliphatic hydroxyl groups excluding tert-OH is 1. The Kier molecular flexibility index (Phi) is 39.4. The summed E-state index contributed by atoms with van der Waals surface area (Å²) in [4.78, 5) is 84.9. The summed E-state index contributed by atoms with van der Waals surface area (Å²) in [5.41, 5.74) is 17.0. The van der Waals surface area contributed by atoms with E-state index in [0.29, 0.717) is 65.9 Å². The first-order valence-electron chi connectivity index (χ1n) is 36.3. The molecule has 5 amide bonds. The smallest absolute Gasteiger partial charge is 0.407 e. The van der Waals surface area contributed by atoms with Gasteiger partial charge in [-0.05, 0) is 137 Å². The lowest BCUT2D eigenvalue weighted by molar-refractivity contribution is -0.158. The molecule has 0 bridgehead atoms. The lowest BCUT2D eigenvalue weighted by atomic mass is 9.71. The average molecular weight is 1390 g/mol. The minimum absolute atomic E-state index is 0.00174. The molecule has 558 valence electrons. The second kappa shape index (κ2) is 43.8. The van der Waals surface area contributed by atoms with Gasteiger partial charge in [0.25, 0.3) is 0 Å². The number of Topliss-reactive ketones (excluding diaryl/α,β-unsaturated/α-hetero) is 2. The summed E-state index contributed by atoms with van der Waals surface area (Å²) in [6.07, 6.45) is 36.3. The number of ketones is 2. The summed E-state index contributed by atoms with van der Waals surface area (Å²) < 4.78 is 26.0. The number of aliphatic hydroxyl groups is 1. The number of hydrogen-bond acceptors (Lipinski definition) is 19. The molecule has 9 rings (SSSR count). The summed E-state index contributed by atoms with van der Waals surface area (Å²) in [5.74, 6) is 0.448. The first-order chi connectivity index (χ1) is 45.4. The first kappa shape index (κ1) is 86.4.